The molecule has 4 heteroatoms. The van der Waals surface area contributed by atoms with E-state index in [1.165, 1.54) is 0 Å². The fourth-order valence-corrected chi connectivity index (χ4v) is 1.31. The topological polar surface area (TPSA) is 40.5 Å². The smallest absolute Gasteiger partial charge is 0.355 e. The molecule has 1 aromatic heterocycles. The number of carbonyl (C=O) groups excluding carboxylic acids is 1. The van der Waals surface area contributed by atoms with Crippen molar-refractivity contribution in [2.75, 3.05) is 13.7 Å². The van der Waals surface area contributed by atoms with Gasteiger partial charge in [0, 0.05) is 19.9 Å². The SMILES string of the molecule is COCCn1cccc1C(=O)OC(C)(C)C. The predicted octanol–water partition coefficient (Wildman–Crippen LogP) is 2.09. The van der Waals surface area contributed by atoms with Gasteiger partial charge in [0.05, 0.1) is 6.61 Å². The monoisotopic (exact) mass is 225 g/mol. The van der Waals surface area contributed by atoms with Crippen molar-refractivity contribution in [3.63, 3.8) is 0 Å². The lowest BCUT2D eigenvalue weighted by atomic mass is 10.2. The van der Waals surface area contributed by atoms with Crippen LogP contribution >= 0.6 is 0 Å². The second-order valence-electron chi connectivity index (χ2n) is 4.58. The average molecular weight is 225 g/mol. The van der Waals surface area contributed by atoms with Crippen LogP contribution < -0.4 is 0 Å². The van der Waals surface area contributed by atoms with E-state index in [0.29, 0.717) is 18.8 Å². The minimum absolute atomic E-state index is 0.298. The van der Waals surface area contributed by atoms with Gasteiger partial charge in [-0.15, -0.1) is 0 Å². The van der Waals surface area contributed by atoms with Gasteiger partial charge in [0.2, 0.25) is 0 Å². The number of rotatable bonds is 4. The lowest BCUT2D eigenvalue weighted by Gasteiger charge is -2.20. The van der Waals surface area contributed by atoms with E-state index in [0.717, 1.165) is 0 Å². The molecule has 90 valence electrons. The lowest BCUT2D eigenvalue weighted by Crippen LogP contribution is -2.25. The summed E-state index contributed by atoms with van der Waals surface area (Å²) in [7, 11) is 1.64. The highest BCUT2D eigenvalue weighted by molar-refractivity contribution is 5.88. The van der Waals surface area contributed by atoms with Gasteiger partial charge >= 0.3 is 5.97 Å². The zero-order chi connectivity index (χ0) is 12.2. The molecule has 0 bridgehead atoms. The normalized spacial score (nSPS) is 11.5. The molecule has 1 aromatic rings. The van der Waals surface area contributed by atoms with E-state index in [1.54, 1.807) is 13.2 Å². The number of ether oxygens (including phenoxy) is 2. The van der Waals surface area contributed by atoms with Gasteiger partial charge in [-0.2, -0.15) is 0 Å². The molecule has 1 heterocycles. The van der Waals surface area contributed by atoms with Crippen LogP contribution in [0, 0.1) is 0 Å². The summed E-state index contributed by atoms with van der Waals surface area (Å²) in [4.78, 5) is 11.8. The molecular weight excluding hydrogens is 206 g/mol. The first kappa shape index (κ1) is 12.8. The number of hydrogen-bond donors (Lipinski definition) is 0. The second-order valence-corrected chi connectivity index (χ2v) is 4.58. The van der Waals surface area contributed by atoms with E-state index in [9.17, 15) is 4.79 Å². The summed E-state index contributed by atoms with van der Waals surface area (Å²) in [5.74, 6) is -0.298. The van der Waals surface area contributed by atoms with Crippen LogP contribution in [0.25, 0.3) is 0 Å². The maximum atomic E-state index is 11.8. The molecule has 0 unspecified atom stereocenters. The molecule has 0 aromatic carbocycles. The fraction of sp³-hybridized carbons (Fsp3) is 0.583. The van der Waals surface area contributed by atoms with Crippen molar-refractivity contribution < 1.29 is 14.3 Å². The summed E-state index contributed by atoms with van der Waals surface area (Å²) in [5, 5.41) is 0. The third kappa shape index (κ3) is 3.70. The van der Waals surface area contributed by atoms with E-state index in [1.807, 2.05) is 37.6 Å². The first-order chi connectivity index (χ1) is 7.44. The molecule has 0 saturated carbocycles. The summed E-state index contributed by atoms with van der Waals surface area (Å²) >= 11 is 0. The van der Waals surface area contributed by atoms with Gasteiger partial charge in [0.1, 0.15) is 11.3 Å². The van der Waals surface area contributed by atoms with Gasteiger partial charge in [-0.25, -0.2) is 4.79 Å². The maximum Gasteiger partial charge on any atom is 0.355 e. The molecule has 0 spiro atoms. The van der Waals surface area contributed by atoms with Gasteiger partial charge < -0.3 is 14.0 Å². The minimum atomic E-state index is -0.465. The van der Waals surface area contributed by atoms with Crippen LogP contribution in [-0.4, -0.2) is 29.9 Å². The molecular formula is C12H19NO3. The Balaban J connectivity index is 2.72. The Hall–Kier alpha value is -1.29. The molecule has 0 radical (unpaired) electrons. The third-order valence-corrected chi connectivity index (χ3v) is 1.97. The quantitative estimate of drug-likeness (QED) is 0.737. The average Bonchev–Trinajstić information content (AvgIpc) is 2.59. The van der Waals surface area contributed by atoms with Gasteiger partial charge in [-0.05, 0) is 32.9 Å². The molecule has 16 heavy (non-hydrogen) atoms. The number of carbonyl (C=O) groups is 1. The van der Waals surface area contributed by atoms with Crippen LogP contribution in [0.15, 0.2) is 18.3 Å². The highest BCUT2D eigenvalue weighted by Crippen LogP contribution is 2.12. The van der Waals surface area contributed by atoms with Crippen LogP contribution in [0.4, 0.5) is 0 Å². The molecule has 0 amide bonds. The van der Waals surface area contributed by atoms with Crippen LogP contribution in [0.1, 0.15) is 31.3 Å². The van der Waals surface area contributed by atoms with E-state index in [4.69, 9.17) is 9.47 Å². The summed E-state index contributed by atoms with van der Waals surface area (Å²) in [5.41, 5.74) is 0.0972. The van der Waals surface area contributed by atoms with Gasteiger partial charge in [0.25, 0.3) is 0 Å². The predicted molar refractivity (Wildman–Crippen MR) is 61.5 cm³/mol. The molecule has 0 N–H and O–H groups in total. The summed E-state index contributed by atoms with van der Waals surface area (Å²) in [6.45, 7) is 6.79. The molecule has 0 aliphatic carbocycles. The van der Waals surface area contributed by atoms with Crippen LogP contribution in [0.5, 0.6) is 0 Å². The second kappa shape index (κ2) is 5.16. The molecule has 1 rings (SSSR count). The zero-order valence-electron chi connectivity index (χ0n) is 10.3. The largest absolute Gasteiger partial charge is 0.455 e. The Bertz CT molecular complexity index is 349. The van der Waals surface area contributed by atoms with Crippen LogP contribution in [0.3, 0.4) is 0 Å². The number of nitrogens with zero attached hydrogens (tertiary/aromatic N) is 1. The molecule has 4 nitrogen and oxygen atoms in total. The molecule has 0 aliphatic rings. The van der Waals surface area contributed by atoms with Crippen molar-refractivity contribution in [3.8, 4) is 0 Å². The van der Waals surface area contributed by atoms with Crippen LogP contribution in [0.2, 0.25) is 0 Å². The number of hydrogen-bond acceptors (Lipinski definition) is 3. The fourth-order valence-electron chi connectivity index (χ4n) is 1.31. The maximum absolute atomic E-state index is 11.8. The Morgan fingerprint density at radius 3 is 2.69 bits per heavy atom. The molecule has 0 saturated heterocycles. The summed E-state index contributed by atoms with van der Waals surface area (Å²) < 4.78 is 12.1. The van der Waals surface area contributed by atoms with E-state index >= 15 is 0 Å². The highest BCUT2D eigenvalue weighted by Gasteiger charge is 2.19. The molecule has 0 atom stereocenters. The lowest BCUT2D eigenvalue weighted by molar-refractivity contribution is 0.00564. The van der Waals surface area contributed by atoms with Crippen molar-refractivity contribution >= 4 is 5.97 Å². The number of esters is 1. The third-order valence-electron chi connectivity index (χ3n) is 1.97. The summed E-state index contributed by atoms with van der Waals surface area (Å²) in [6, 6.07) is 3.58. The van der Waals surface area contributed by atoms with Gasteiger partial charge in [-0.1, -0.05) is 0 Å². The minimum Gasteiger partial charge on any atom is -0.455 e. The first-order valence-corrected chi connectivity index (χ1v) is 5.31. The highest BCUT2D eigenvalue weighted by atomic mass is 16.6. The van der Waals surface area contributed by atoms with Gasteiger partial charge in [-0.3, -0.25) is 0 Å². The van der Waals surface area contributed by atoms with E-state index in [-0.39, 0.29) is 5.97 Å². The van der Waals surface area contributed by atoms with E-state index < -0.39 is 5.60 Å². The Labute approximate surface area is 96.2 Å². The molecule has 0 fully saturated rings. The Morgan fingerprint density at radius 1 is 1.44 bits per heavy atom. The van der Waals surface area contributed by atoms with Crippen molar-refractivity contribution in [2.24, 2.45) is 0 Å². The van der Waals surface area contributed by atoms with Gasteiger partial charge in [0.15, 0.2) is 0 Å². The van der Waals surface area contributed by atoms with Crippen molar-refractivity contribution in [1.29, 1.82) is 0 Å². The Morgan fingerprint density at radius 2 is 2.12 bits per heavy atom. The summed E-state index contributed by atoms with van der Waals surface area (Å²) in [6.07, 6.45) is 1.85. The number of methoxy groups -OCH3 is 1. The zero-order valence-corrected chi connectivity index (χ0v) is 10.3. The standard InChI is InChI=1S/C12H19NO3/c1-12(2,3)16-11(14)10-6-5-7-13(10)8-9-15-4/h5-7H,8-9H2,1-4H3. The van der Waals surface area contributed by atoms with Crippen molar-refractivity contribution in [1.82, 2.24) is 4.57 Å². The first-order valence-electron chi connectivity index (χ1n) is 5.31. The van der Waals surface area contributed by atoms with Crippen molar-refractivity contribution in [2.45, 2.75) is 32.9 Å². The van der Waals surface area contributed by atoms with Crippen molar-refractivity contribution in [3.05, 3.63) is 24.0 Å². The number of aromatic nitrogens is 1. The van der Waals surface area contributed by atoms with E-state index in [2.05, 4.69) is 0 Å². The molecule has 0 aliphatic heterocycles. The van der Waals surface area contributed by atoms with Crippen LogP contribution in [-0.2, 0) is 16.0 Å². The Kier molecular flexibility index (Phi) is 4.12.